The van der Waals surface area contributed by atoms with Crippen LogP contribution in [0.3, 0.4) is 0 Å². The first kappa shape index (κ1) is 24.8. The monoisotopic (exact) mass is 481 g/mol. The number of ketones is 2. The second-order valence-corrected chi connectivity index (χ2v) is 9.87. The van der Waals surface area contributed by atoms with E-state index < -0.39 is 20.5 Å². The minimum atomic E-state index is -3.88. The number of hydrogen-bond donors (Lipinski definition) is 1. The topological polar surface area (TPSA) is 132 Å². The Morgan fingerprint density at radius 1 is 0.853 bits per heavy atom. The molecular formula is C25H23NO7S. The van der Waals surface area contributed by atoms with Crippen LogP contribution < -0.4 is 0 Å². The van der Waals surface area contributed by atoms with Crippen LogP contribution in [0.2, 0.25) is 0 Å². The Morgan fingerprint density at radius 3 is 2.12 bits per heavy atom. The zero-order valence-corrected chi connectivity index (χ0v) is 19.0. The Labute approximate surface area is 196 Å². The summed E-state index contributed by atoms with van der Waals surface area (Å²) < 4.78 is 25.9. The van der Waals surface area contributed by atoms with E-state index in [0.717, 1.165) is 5.56 Å². The van der Waals surface area contributed by atoms with Crippen molar-refractivity contribution in [2.45, 2.75) is 30.6 Å². The molecule has 0 radical (unpaired) electrons. The number of nitrogens with zero attached hydrogens (tertiary/aromatic N) is 1. The Kier molecular flexibility index (Phi) is 7.91. The summed E-state index contributed by atoms with van der Waals surface area (Å²) in [5, 5.41) is 20.1. The van der Waals surface area contributed by atoms with Crippen LogP contribution in [0.1, 0.15) is 34.3 Å². The standard InChI is InChI=1S/C25H23NO7S/c27-21-12-7-19(8-13-21)17-22(28)15-16-34(32,33)25-4-2-1-3-23(25)24(29)14-9-18-5-10-20(11-6-18)26(30)31/h1-8,10-13,27H,9,14-17H2. The van der Waals surface area contributed by atoms with Gasteiger partial charge in [-0.3, -0.25) is 19.7 Å². The Balaban J connectivity index is 1.65. The largest absolute Gasteiger partial charge is 0.508 e. The number of Topliss-reactive ketones (excluding diaryl/α,β-unsaturated/α-hetero) is 2. The van der Waals surface area contributed by atoms with Gasteiger partial charge < -0.3 is 5.11 Å². The molecule has 0 spiro atoms. The van der Waals surface area contributed by atoms with Gasteiger partial charge >= 0.3 is 0 Å². The third-order valence-electron chi connectivity index (χ3n) is 5.30. The first-order chi connectivity index (χ1) is 16.2. The van der Waals surface area contributed by atoms with Gasteiger partial charge in [0, 0.05) is 37.0 Å². The summed E-state index contributed by atoms with van der Waals surface area (Å²) in [6, 6.07) is 17.9. The fourth-order valence-electron chi connectivity index (χ4n) is 3.43. The fraction of sp³-hybridized carbons (Fsp3) is 0.200. The SMILES string of the molecule is O=C(CCS(=O)(=O)c1ccccc1C(=O)CCc1ccc([N+](=O)[O-])cc1)Cc1ccc(O)cc1. The van der Waals surface area contributed by atoms with Crippen molar-refractivity contribution >= 4 is 27.1 Å². The van der Waals surface area contributed by atoms with Gasteiger partial charge in [-0.25, -0.2) is 8.42 Å². The highest BCUT2D eigenvalue weighted by Crippen LogP contribution is 2.21. The van der Waals surface area contributed by atoms with E-state index >= 15 is 0 Å². The molecule has 9 heteroatoms. The fourth-order valence-corrected chi connectivity index (χ4v) is 4.95. The Morgan fingerprint density at radius 2 is 1.47 bits per heavy atom. The molecule has 176 valence electrons. The average molecular weight is 482 g/mol. The quantitative estimate of drug-likeness (QED) is 0.248. The number of nitro benzene ring substituents is 1. The smallest absolute Gasteiger partial charge is 0.269 e. The second-order valence-electron chi connectivity index (χ2n) is 7.79. The molecule has 0 bridgehead atoms. The second kappa shape index (κ2) is 10.8. The number of benzene rings is 3. The van der Waals surface area contributed by atoms with E-state index in [4.69, 9.17) is 0 Å². The van der Waals surface area contributed by atoms with Crippen LogP contribution >= 0.6 is 0 Å². The van der Waals surface area contributed by atoms with Crippen LogP contribution in [0.15, 0.2) is 77.7 Å². The average Bonchev–Trinajstić information content (AvgIpc) is 2.83. The minimum Gasteiger partial charge on any atom is -0.508 e. The van der Waals surface area contributed by atoms with Gasteiger partial charge in [0.2, 0.25) is 0 Å². The maximum absolute atomic E-state index is 12.9. The van der Waals surface area contributed by atoms with Gasteiger partial charge in [0.25, 0.3) is 5.69 Å². The van der Waals surface area contributed by atoms with E-state index in [-0.39, 0.29) is 52.7 Å². The Bertz CT molecular complexity index is 1300. The number of carbonyl (C=O) groups excluding carboxylic acids is 2. The maximum Gasteiger partial charge on any atom is 0.269 e. The van der Waals surface area contributed by atoms with Gasteiger partial charge in [-0.15, -0.1) is 0 Å². The van der Waals surface area contributed by atoms with Crippen LogP contribution in [-0.2, 0) is 27.5 Å². The summed E-state index contributed by atoms with van der Waals surface area (Å²) >= 11 is 0. The number of hydrogen-bond acceptors (Lipinski definition) is 7. The number of rotatable bonds is 11. The highest BCUT2D eigenvalue weighted by Gasteiger charge is 2.23. The number of non-ortho nitro benzene ring substituents is 1. The number of sulfone groups is 1. The molecule has 0 aromatic heterocycles. The normalized spacial score (nSPS) is 11.2. The van der Waals surface area contributed by atoms with Gasteiger partial charge in [-0.05, 0) is 35.7 Å². The number of aryl methyl sites for hydroxylation is 1. The number of phenols is 1. The van der Waals surface area contributed by atoms with Crippen LogP contribution in [0.5, 0.6) is 5.75 Å². The van der Waals surface area contributed by atoms with E-state index in [2.05, 4.69) is 0 Å². The van der Waals surface area contributed by atoms with E-state index in [1.54, 1.807) is 30.3 Å². The Hall–Kier alpha value is -3.85. The maximum atomic E-state index is 12.9. The molecule has 0 aliphatic heterocycles. The lowest BCUT2D eigenvalue weighted by molar-refractivity contribution is -0.384. The first-order valence-corrected chi connectivity index (χ1v) is 12.2. The molecule has 0 aliphatic rings. The first-order valence-electron chi connectivity index (χ1n) is 10.5. The van der Waals surface area contributed by atoms with Gasteiger partial charge in [0.05, 0.1) is 15.6 Å². The highest BCUT2D eigenvalue weighted by molar-refractivity contribution is 7.91. The van der Waals surface area contributed by atoms with Crippen molar-refractivity contribution in [3.05, 3.63) is 99.6 Å². The molecule has 34 heavy (non-hydrogen) atoms. The van der Waals surface area contributed by atoms with Gasteiger partial charge in [0.1, 0.15) is 11.5 Å². The lowest BCUT2D eigenvalue weighted by Gasteiger charge is -2.10. The molecule has 0 heterocycles. The molecule has 0 fully saturated rings. The number of phenolic OH excluding ortho intramolecular Hbond substituents is 1. The predicted molar refractivity (Wildman–Crippen MR) is 126 cm³/mol. The lowest BCUT2D eigenvalue weighted by Crippen LogP contribution is -2.16. The van der Waals surface area contributed by atoms with E-state index in [1.807, 2.05) is 0 Å². The van der Waals surface area contributed by atoms with Gasteiger partial charge in [-0.2, -0.15) is 0 Å². The van der Waals surface area contributed by atoms with Crippen molar-refractivity contribution in [3.8, 4) is 5.75 Å². The lowest BCUT2D eigenvalue weighted by atomic mass is 10.0. The van der Waals surface area contributed by atoms with Crippen molar-refractivity contribution in [1.82, 2.24) is 0 Å². The zero-order chi connectivity index (χ0) is 24.7. The number of aromatic hydroxyl groups is 1. The summed E-state index contributed by atoms with van der Waals surface area (Å²) in [6.45, 7) is 0. The van der Waals surface area contributed by atoms with Crippen molar-refractivity contribution in [2.24, 2.45) is 0 Å². The van der Waals surface area contributed by atoms with Crippen LogP contribution in [0.25, 0.3) is 0 Å². The third-order valence-corrected chi connectivity index (χ3v) is 7.07. The molecule has 1 N–H and O–H groups in total. The third kappa shape index (κ3) is 6.58. The molecule has 3 rings (SSSR count). The molecule has 0 amide bonds. The van der Waals surface area contributed by atoms with E-state index in [9.17, 15) is 33.2 Å². The summed E-state index contributed by atoms with van der Waals surface area (Å²) in [4.78, 5) is 35.2. The van der Waals surface area contributed by atoms with Gasteiger partial charge in [0.15, 0.2) is 15.6 Å². The van der Waals surface area contributed by atoms with Crippen molar-refractivity contribution < 1.29 is 28.0 Å². The molecule has 0 saturated carbocycles. The van der Waals surface area contributed by atoms with E-state index in [0.29, 0.717) is 12.0 Å². The molecule has 0 atom stereocenters. The predicted octanol–water partition coefficient (Wildman–Crippen LogP) is 4.09. The van der Waals surface area contributed by atoms with Crippen LogP contribution in [0, 0.1) is 10.1 Å². The van der Waals surface area contributed by atoms with E-state index in [1.165, 1.54) is 42.5 Å². The summed E-state index contributed by atoms with van der Waals surface area (Å²) in [5.74, 6) is -0.978. The summed E-state index contributed by atoms with van der Waals surface area (Å²) in [5.41, 5.74) is 1.41. The molecular weight excluding hydrogens is 458 g/mol. The number of carbonyl (C=O) groups is 2. The molecule has 0 saturated heterocycles. The molecule has 0 unspecified atom stereocenters. The molecule has 8 nitrogen and oxygen atoms in total. The van der Waals surface area contributed by atoms with Crippen LogP contribution in [0.4, 0.5) is 5.69 Å². The minimum absolute atomic E-state index is 0.0319. The van der Waals surface area contributed by atoms with Crippen molar-refractivity contribution in [3.63, 3.8) is 0 Å². The number of nitro groups is 1. The molecule has 3 aromatic carbocycles. The van der Waals surface area contributed by atoms with Crippen molar-refractivity contribution in [2.75, 3.05) is 5.75 Å². The zero-order valence-electron chi connectivity index (χ0n) is 18.2. The summed E-state index contributed by atoms with van der Waals surface area (Å²) in [7, 11) is -3.88. The molecule has 0 aliphatic carbocycles. The highest BCUT2D eigenvalue weighted by atomic mass is 32.2. The van der Waals surface area contributed by atoms with Gasteiger partial charge in [-0.1, -0.05) is 42.5 Å². The summed E-state index contributed by atoms with van der Waals surface area (Å²) in [6.07, 6.45) is 0.181. The van der Waals surface area contributed by atoms with Crippen LogP contribution in [-0.4, -0.2) is 35.8 Å². The van der Waals surface area contributed by atoms with Crippen molar-refractivity contribution in [1.29, 1.82) is 0 Å². The molecule has 3 aromatic rings.